The van der Waals surface area contributed by atoms with Crippen molar-refractivity contribution in [3.8, 4) is 0 Å². The lowest BCUT2D eigenvalue weighted by Crippen LogP contribution is -2.32. The summed E-state index contributed by atoms with van der Waals surface area (Å²) in [5.74, 6) is 1.22. The molecule has 1 unspecified atom stereocenters. The number of thioether (sulfide) groups is 1. The molecule has 0 bridgehead atoms. The molecule has 1 heterocycles. The van der Waals surface area contributed by atoms with Crippen molar-refractivity contribution in [1.29, 1.82) is 0 Å². The maximum atomic E-state index is 11.0. The molecule has 1 aliphatic rings. The molecule has 0 aliphatic carbocycles. The van der Waals surface area contributed by atoms with Crippen LogP contribution in [0, 0.1) is 10.1 Å². The minimum atomic E-state index is -0.326. The molecular weight excluding hydrogens is 328 g/mol. The number of nitro benzene ring substituents is 1. The van der Waals surface area contributed by atoms with E-state index in [0.717, 1.165) is 16.6 Å². The number of benzene rings is 1. The molecule has 6 heteroatoms. The summed E-state index contributed by atoms with van der Waals surface area (Å²) >= 11 is 5.26. The van der Waals surface area contributed by atoms with Crippen molar-refractivity contribution in [3.05, 3.63) is 38.3 Å². The fourth-order valence-corrected chi connectivity index (χ4v) is 3.92. The summed E-state index contributed by atoms with van der Waals surface area (Å²) in [6.07, 6.45) is 2.48. The van der Waals surface area contributed by atoms with E-state index in [1.807, 2.05) is 17.8 Å². The summed E-state index contributed by atoms with van der Waals surface area (Å²) in [6.45, 7) is 3.69. The Morgan fingerprint density at radius 2 is 2.37 bits per heavy atom. The van der Waals surface area contributed by atoms with Gasteiger partial charge in [-0.25, -0.2) is 0 Å². The van der Waals surface area contributed by atoms with Crippen LogP contribution in [0.4, 0.5) is 5.69 Å². The standard InChI is InChI=1S/C13H17BrN2O2S/c1-13(5-2-6-19-13)9-15-8-10-3-4-11(14)7-12(10)16(17)18/h3-4,7,15H,2,5-6,8-9H2,1H3. The van der Waals surface area contributed by atoms with Gasteiger partial charge in [-0.2, -0.15) is 11.8 Å². The predicted molar refractivity (Wildman–Crippen MR) is 82.6 cm³/mol. The lowest BCUT2D eigenvalue weighted by Gasteiger charge is -2.22. The van der Waals surface area contributed by atoms with E-state index >= 15 is 0 Å². The highest BCUT2D eigenvalue weighted by Gasteiger charge is 2.29. The maximum Gasteiger partial charge on any atom is 0.275 e. The fourth-order valence-electron chi connectivity index (χ4n) is 2.29. The van der Waals surface area contributed by atoms with Gasteiger partial charge in [0.25, 0.3) is 5.69 Å². The Kier molecular flexibility index (Phi) is 4.86. The zero-order chi connectivity index (χ0) is 13.9. The third-order valence-corrected chi connectivity index (χ3v) is 5.39. The van der Waals surface area contributed by atoms with Crippen molar-refractivity contribution in [2.75, 3.05) is 12.3 Å². The molecule has 2 rings (SSSR count). The van der Waals surface area contributed by atoms with Crippen molar-refractivity contribution < 1.29 is 4.92 Å². The minimum Gasteiger partial charge on any atom is -0.311 e. The summed E-state index contributed by atoms with van der Waals surface area (Å²) in [6, 6.07) is 5.21. The molecule has 0 radical (unpaired) electrons. The number of rotatable bonds is 5. The van der Waals surface area contributed by atoms with Crippen LogP contribution in [-0.2, 0) is 6.54 Å². The third-order valence-electron chi connectivity index (χ3n) is 3.36. The second kappa shape index (κ2) is 6.24. The first-order chi connectivity index (χ1) is 9.00. The largest absolute Gasteiger partial charge is 0.311 e. The van der Waals surface area contributed by atoms with Crippen molar-refractivity contribution in [3.63, 3.8) is 0 Å². The van der Waals surface area contributed by atoms with Gasteiger partial charge in [-0.3, -0.25) is 10.1 Å². The zero-order valence-electron chi connectivity index (χ0n) is 10.8. The lowest BCUT2D eigenvalue weighted by molar-refractivity contribution is -0.385. The number of hydrogen-bond donors (Lipinski definition) is 1. The second-order valence-corrected chi connectivity index (χ2v) is 7.63. The molecular formula is C13H17BrN2O2S. The number of hydrogen-bond acceptors (Lipinski definition) is 4. The zero-order valence-corrected chi connectivity index (χ0v) is 13.2. The highest BCUT2D eigenvalue weighted by Crippen LogP contribution is 2.37. The van der Waals surface area contributed by atoms with Crippen LogP contribution < -0.4 is 5.32 Å². The summed E-state index contributed by atoms with van der Waals surface area (Å²) in [5.41, 5.74) is 0.908. The Labute approximate surface area is 125 Å². The Balaban J connectivity index is 1.97. The average molecular weight is 345 g/mol. The van der Waals surface area contributed by atoms with E-state index in [0.29, 0.717) is 6.54 Å². The van der Waals surface area contributed by atoms with Crippen LogP contribution in [0.3, 0.4) is 0 Å². The topological polar surface area (TPSA) is 55.2 Å². The summed E-state index contributed by atoms with van der Waals surface area (Å²) < 4.78 is 1.02. The summed E-state index contributed by atoms with van der Waals surface area (Å²) in [5, 5.41) is 14.4. The highest BCUT2D eigenvalue weighted by molar-refractivity contribution is 9.10. The van der Waals surface area contributed by atoms with E-state index in [9.17, 15) is 10.1 Å². The molecule has 1 saturated heterocycles. The van der Waals surface area contributed by atoms with Crippen molar-refractivity contribution in [2.24, 2.45) is 0 Å². The molecule has 0 spiro atoms. The van der Waals surface area contributed by atoms with Gasteiger partial charge in [0.2, 0.25) is 0 Å². The van der Waals surface area contributed by atoms with Crippen molar-refractivity contribution >= 4 is 33.4 Å². The first kappa shape index (κ1) is 14.8. The monoisotopic (exact) mass is 344 g/mol. The number of halogens is 1. The molecule has 1 N–H and O–H groups in total. The molecule has 1 aromatic rings. The first-order valence-electron chi connectivity index (χ1n) is 6.28. The van der Waals surface area contributed by atoms with E-state index in [1.54, 1.807) is 12.1 Å². The molecule has 4 nitrogen and oxygen atoms in total. The number of nitro groups is 1. The first-order valence-corrected chi connectivity index (χ1v) is 8.05. The van der Waals surface area contributed by atoms with Gasteiger partial charge in [0, 0.05) is 33.9 Å². The van der Waals surface area contributed by atoms with Gasteiger partial charge in [-0.15, -0.1) is 0 Å². The van der Waals surface area contributed by atoms with Gasteiger partial charge < -0.3 is 5.32 Å². The van der Waals surface area contributed by atoms with Crippen molar-refractivity contribution in [2.45, 2.75) is 31.1 Å². The molecule has 0 amide bonds. The van der Waals surface area contributed by atoms with Crippen LogP contribution in [0.5, 0.6) is 0 Å². The number of nitrogens with zero attached hydrogens (tertiary/aromatic N) is 1. The van der Waals surface area contributed by atoms with Crippen molar-refractivity contribution in [1.82, 2.24) is 5.32 Å². The molecule has 0 saturated carbocycles. The quantitative estimate of drug-likeness (QED) is 0.653. The Morgan fingerprint density at radius 1 is 1.58 bits per heavy atom. The van der Waals surface area contributed by atoms with Gasteiger partial charge in [0.05, 0.1) is 4.92 Å². The minimum absolute atomic E-state index is 0.172. The second-order valence-electron chi connectivity index (χ2n) is 5.04. The Hall–Kier alpha value is -0.590. The lowest BCUT2D eigenvalue weighted by atomic mass is 10.1. The van der Waals surface area contributed by atoms with Gasteiger partial charge in [0.15, 0.2) is 0 Å². The molecule has 1 fully saturated rings. The smallest absolute Gasteiger partial charge is 0.275 e. The van der Waals surface area contributed by atoms with Crippen LogP contribution >= 0.6 is 27.7 Å². The van der Waals surface area contributed by atoms with Gasteiger partial charge in [-0.05, 0) is 37.7 Å². The molecule has 0 aromatic heterocycles. The summed E-state index contributed by atoms with van der Waals surface area (Å²) in [4.78, 5) is 10.7. The van der Waals surface area contributed by atoms with Gasteiger partial charge in [-0.1, -0.05) is 15.9 Å². The van der Waals surface area contributed by atoms with E-state index in [4.69, 9.17) is 0 Å². The molecule has 104 valence electrons. The molecule has 19 heavy (non-hydrogen) atoms. The molecule has 1 aromatic carbocycles. The van der Waals surface area contributed by atoms with Crippen LogP contribution in [0.25, 0.3) is 0 Å². The normalized spacial score (nSPS) is 22.6. The molecule has 1 aliphatic heterocycles. The van der Waals surface area contributed by atoms with E-state index < -0.39 is 0 Å². The van der Waals surface area contributed by atoms with E-state index in [1.165, 1.54) is 18.6 Å². The Bertz CT molecular complexity index is 476. The SMILES string of the molecule is CC1(CNCc2ccc(Br)cc2[N+](=O)[O-])CCCS1. The third kappa shape index (κ3) is 3.94. The summed E-state index contributed by atoms with van der Waals surface area (Å²) in [7, 11) is 0. The maximum absolute atomic E-state index is 11.0. The Morgan fingerprint density at radius 3 is 3.00 bits per heavy atom. The van der Waals surface area contributed by atoms with E-state index in [-0.39, 0.29) is 15.4 Å². The number of nitrogens with one attached hydrogen (secondary N) is 1. The predicted octanol–water partition coefficient (Wildman–Crippen LogP) is 3.73. The highest BCUT2D eigenvalue weighted by atomic mass is 79.9. The van der Waals surface area contributed by atoms with E-state index in [2.05, 4.69) is 28.2 Å². The fraction of sp³-hybridized carbons (Fsp3) is 0.538. The van der Waals surface area contributed by atoms with Gasteiger partial charge >= 0.3 is 0 Å². The molecule has 1 atom stereocenters. The van der Waals surface area contributed by atoms with Crippen LogP contribution in [0.1, 0.15) is 25.3 Å². The van der Waals surface area contributed by atoms with Gasteiger partial charge in [0.1, 0.15) is 0 Å². The van der Waals surface area contributed by atoms with Crippen LogP contribution in [-0.4, -0.2) is 22.0 Å². The average Bonchev–Trinajstić information content (AvgIpc) is 2.78. The van der Waals surface area contributed by atoms with Crippen LogP contribution in [0.15, 0.2) is 22.7 Å². The van der Waals surface area contributed by atoms with Crippen LogP contribution in [0.2, 0.25) is 0 Å².